The van der Waals surface area contributed by atoms with Gasteiger partial charge in [0.15, 0.2) is 5.03 Å². The minimum absolute atomic E-state index is 0.0339. The molecule has 0 bridgehead atoms. The highest BCUT2D eigenvalue weighted by Crippen LogP contribution is 2.17. The fraction of sp³-hybridized carbons (Fsp3) is 0.200. The number of aromatic nitrogens is 3. The molecule has 0 atom stereocenters. The molecule has 0 amide bonds. The summed E-state index contributed by atoms with van der Waals surface area (Å²) < 4.78 is 27.5. The van der Waals surface area contributed by atoms with Crippen molar-refractivity contribution >= 4 is 31.8 Å². The first-order valence-corrected chi connectivity index (χ1v) is 7.62. The summed E-state index contributed by atoms with van der Waals surface area (Å²) in [6, 6.07) is 3.27. The minimum atomic E-state index is -3.72. The number of hydrogen-bond acceptors (Lipinski definition) is 5. The Morgan fingerprint density at radius 3 is 2.79 bits per heavy atom. The lowest BCUT2D eigenvalue weighted by molar-refractivity contribution is 0.595. The van der Waals surface area contributed by atoms with E-state index in [0.29, 0.717) is 12.1 Å². The molecule has 7 nitrogen and oxygen atoms in total. The number of pyridine rings is 1. The van der Waals surface area contributed by atoms with E-state index in [-0.39, 0.29) is 10.8 Å². The number of H-pyrrole nitrogens is 1. The normalized spacial score (nSPS) is 11.5. The van der Waals surface area contributed by atoms with Gasteiger partial charge in [-0.1, -0.05) is 0 Å². The Hall–Kier alpha value is -1.45. The molecule has 0 radical (unpaired) electrons. The van der Waals surface area contributed by atoms with Gasteiger partial charge in [0.1, 0.15) is 5.82 Å². The second-order valence-corrected chi connectivity index (χ2v) is 6.26. The van der Waals surface area contributed by atoms with Gasteiger partial charge < -0.3 is 5.32 Å². The van der Waals surface area contributed by atoms with Crippen LogP contribution in [0.5, 0.6) is 0 Å². The molecule has 0 fully saturated rings. The number of nitrogens with zero attached hydrogens (tertiary/aromatic N) is 2. The van der Waals surface area contributed by atoms with Crippen LogP contribution in [0, 0.1) is 0 Å². The van der Waals surface area contributed by atoms with Crippen LogP contribution in [0.15, 0.2) is 34.0 Å². The Balaban J connectivity index is 2.27. The maximum atomic E-state index is 12.2. The first-order chi connectivity index (χ1) is 9.03. The summed E-state index contributed by atoms with van der Waals surface area (Å²) in [6.45, 7) is 0.403. The molecule has 0 aromatic carbocycles. The number of sulfonamides is 1. The third kappa shape index (κ3) is 3.31. The maximum Gasteiger partial charge on any atom is 0.280 e. The van der Waals surface area contributed by atoms with Crippen molar-refractivity contribution in [3.05, 3.63) is 34.6 Å². The number of rotatable bonds is 5. The smallest absolute Gasteiger partial charge is 0.280 e. The van der Waals surface area contributed by atoms with Crippen molar-refractivity contribution in [2.24, 2.45) is 0 Å². The van der Waals surface area contributed by atoms with E-state index < -0.39 is 10.0 Å². The zero-order valence-electron chi connectivity index (χ0n) is 10.0. The summed E-state index contributed by atoms with van der Waals surface area (Å²) in [6.07, 6.45) is 2.99. The average molecular weight is 346 g/mol. The van der Waals surface area contributed by atoms with Gasteiger partial charge in [0.25, 0.3) is 10.0 Å². The van der Waals surface area contributed by atoms with Crippen molar-refractivity contribution in [1.82, 2.24) is 20.5 Å². The summed E-state index contributed by atoms with van der Waals surface area (Å²) in [5, 5.41) is 9.15. The van der Waals surface area contributed by atoms with E-state index in [4.69, 9.17) is 0 Å². The minimum Gasteiger partial charge on any atom is -0.316 e. The molecule has 2 aromatic heterocycles. The Bertz CT molecular complexity index is 653. The molecule has 0 aliphatic carbocycles. The molecule has 2 rings (SSSR count). The highest BCUT2D eigenvalue weighted by atomic mass is 79.9. The first kappa shape index (κ1) is 14.0. The Labute approximate surface area is 119 Å². The van der Waals surface area contributed by atoms with Crippen LogP contribution in [0.4, 0.5) is 5.82 Å². The number of anilines is 1. The molecular formula is C10H12BrN5O2S. The van der Waals surface area contributed by atoms with Crippen LogP contribution in [-0.4, -0.2) is 30.6 Å². The van der Waals surface area contributed by atoms with Crippen molar-refractivity contribution in [2.75, 3.05) is 11.8 Å². The molecule has 0 aliphatic heterocycles. The van der Waals surface area contributed by atoms with E-state index in [1.165, 1.54) is 12.4 Å². The van der Waals surface area contributed by atoms with Crippen molar-refractivity contribution in [1.29, 1.82) is 0 Å². The van der Waals surface area contributed by atoms with E-state index >= 15 is 0 Å². The second kappa shape index (κ2) is 5.68. The molecule has 2 heterocycles. The third-order valence-corrected chi connectivity index (χ3v) is 4.12. The molecule has 3 N–H and O–H groups in total. The summed E-state index contributed by atoms with van der Waals surface area (Å²) in [4.78, 5) is 3.96. The van der Waals surface area contributed by atoms with Gasteiger partial charge in [-0.15, -0.1) is 0 Å². The second-order valence-electron chi connectivity index (χ2n) is 3.72. The van der Waals surface area contributed by atoms with Crippen molar-refractivity contribution in [2.45, 2.75) is 11.6 Å². The summed E-state index contributed by atoms with van der Waals surface area (Å²) in [5.41, 5.74) is 0.562. The van der Waals surface area contributed by atoms with E-state index in [1.54, 1.807) is 19.2 Å². The van der Waals surface area contributed by atoms with E-state index in [1.807, 2.05) is 0 Å². The van der Waals surface area contributed by atoms with Crippen molar-refractivity contribution in [3.63, 3.8) is 0 Å². The zero-order valence-corrected chi connectivity index (χ0v) is 12.4. The number of nitrogens with one attached hydrogen (secondary N) is 3. The van der Waals surface area contributed by atoms with Crippen LogP contribution in [0.3, 0.4) is 0 Å². The first-order valence-electron chi connectivity index (χ1n) is 5.34. The van der Waals surface area contributed by atoms with Crippen LogP contribution < -0.4 is 10.0 Å². The number of hydrogen-bond donors (Lipinski definition) is 3. The molecular weight excluding hydrogens is 334 g/mol. The maximum absolute atomic E-state index is 12.2. The lowest BCUT2D eigenvalue weighted by Gasteiger charge is -2.07. The van der Waals surface area contributed by atoms with Gasteiger partial charge in [0, 0.05) is 22.8 Å². The van der Waals surface area contributed by atoms with Crippen LogP contribution in [-0.2, 0) is 16.6 Å². The Morgan fingerprint density at radius 2 is 2.16 bits per heavy atom. The molecule has 19 heavy (non-hydrogen) atoms. The molecule has 102 valence electrons. The van der Waals surface area contributed by atoms with Gasteiger partial charge in [-0.05, 0) is 35.1 Å². The molecule has 0 saturated carbocycles. The summed E-state index contributed by atoms with van der Waals surface area (Å²) in [7, 11) is -1.99. The monoisotopic (exact) mass is 345 g/mol. The van der Waals surface area contributed by atoms with Crippen LogP contribution in [0.25, 0.3) is 0 Å². The van der Waals surface area contributed by atoms with Gasteiger partial charge >= 0.3 is 0 Å². The van der Waals surface area contributed by atoms with E-state index in [2.05, 4.69) is 41.2 Å². The van der Waals surface area contributed by atoms with Crippen LogP contribution in [0.2, 0.25) is 0 Å². The molecule has 0 unspecified atom stereocenters. The highest BCUT2D eigenvalue weighted by molar-refractivity contribution is 9.10. The molecule has 0 spiro atoms. The number of aromatic amines is 1. The lowest BCUT2D eigenvalue weighted by Crippen LogP contribution is -2.17. The van der Waals surface area contributed by atoms with Crippen molar-refractivity contribution < 1.29 is 8.42 Å². The zero-order chi connectivity index (χ0) is 13.9. The van der Waals surface area contributed by atoms with Crippen molar-refractivity contribution in [3.8, 4) is 0 Å². The summed E-state index contributed by atoms with van der Waals surface area (Å²) >= 11 is 3.23. The Morgan fingerprint density at radius 1 is 1.37 bits per heavy atom. The topological polar surface area (TPSA) is 99.8 Å². The third-order valence-electron chi connectivity index (χ3n) is 2.28. The van der Waals surface area contributed by atoms with Gasteiger partial charge in [0.05, 0.1) is 6.20 Å². The van der Waals surface area contributed by atoms with Gasteiger partial charge in [0.2, 0.25) is 0 Å². The van der Waals surface area contributed by atoms with Gasteiger partial charge in [-0.2, -0.15) is 13.5 Å². The van der Waals surface area contributed by atoms with Gasteiger partial charge in [-0.25, -0.2) is 4.98 Å². The average Bonchev–Trinajstić information content (AvgIpc) is 2.81. The molecule has 0 saturated heterocycles. The molecule has 0 aliphatic rings. The SMILES string of the molecule is CNCc1cn[nH]c1S(=O)(=O)Nc1ccc(Br)cn1. The number of halogens is 1. The van der Waals surface area contributed by atoms with E-state index in [9.17, 15) is 8.42 Å². The Kier molecular flexibility index (Phi) is 4.17. The predicted molar refractivity (Wildman–Crippen MR) is 74.1 cm³/mol. The fourth-order valence-electron chi connectivity index (χ4n) is 1.47. The quantitative estimate of drug-likeness (QED) is 0.753. The summed E-state index contributed by atoms with van der Waals surface area (Å²) in [5.74, 6) is 0.244. The standard InChI is InChI=1S/C10H12BrN5O2S/c1-12-4-7-5-14-15-10(7)19(17,18)16-9-3-2-8(11)6-13-9/h2-3,5-6,12H,4H2,1H3,(H,13,16)(H,14,15). The van der Waals surface area contributed by atoms with Crippen LogP contribution >= 0.6 is 15.9 Å². The van der Waals surface area contributed by atoms with Crippen LogP contribution in [0.1, 0.15) is 5.56 Å². The van der Waals surface area contributed by atoms with Gasteiger partial charge in [-0.3, -0.25) is 9.82 Å². The molecule has 2 aromatic rings. The van der Waals surface area contributed by atoms with E-state index in [0.717, 1.165) is 4.47 Å². The fourth-order valence-corrected chi connectivity index (χ4v) is 2.85. The predicted octanol–water partition coefficient (Wildman–Crippen LogP) is 1.09. The molecule has 9 heteroatoms. The highest BCUT2D eigenvalue weighted by Gasteiger charge is 2.20. The lowest BCUT2D eigenvalue weighted by atomic mass is 10.4. The largest absolute Gasteiger partial charge is 0.316 e.